The molecule has 2 nitrogen and oxygen atoms in total. The van der Waals surface area contributed by atoms with Crippen molar-refractivity contribution in [3.8, 4) is 0 Å². The number of thioether (sulfide) groups is 1. The van der Waals surface area contributed by atoms with Crippen LogP contribution >= 0.6 is 23.1 Å². The van der Waals surface area contributed by atoms with Crippen molar-refractivity contribution in [2.45, 2.75) is 0 Å². The van der Waals surface area contributed by atoms with E-state index in [0.29, 0.717) is 0 Å². The van der Waals surface area contributed by atoms with E-state index < -0.39 is 0 Å². The molecule has 0 saturated carbocycles. The molecule has 4 heteroatoms. The van der Waals surface area contributed by atoms with E-state index in [-0.39, 0.29) is 0 Å². The zero-order valence-electron chi connectivity index (χ0n) is 7.99. The summed E-state index contributed by atoms with van der Waals surface area (Å²) < 4.78 is 1.30. The topological polar surface area (TPSA) is 24.9 Å². The molecule has 0 aromatic carbocycles. The third kappa shape index (κ3) is 2.01. The van der Waals surface area contributed by atoms with Crippen molar-refractivity contribution in [2.24, 2.45) is 0 Å². The van der Waals surface area contributed by atoms with Gasteiger partial charge in [-0.15, -0.1) is 11.3 Å². The average Bonchev–Trinajstić information content (AvgIpc) is 2.67. The van der Waals surface area contributed by atoms with Gasteiger partial charge < -0.3 is 5.32 Å². The van der Waals surface area contributed by atoms with Gasteiger partial charge in [0.05, 0.1) is 0 Å². The van der Waals surface area contributed by atoms with Crippen molar-refractivity contribution in [3.63, 3.8) is 0 Å². The first-order valence-corrected chi connectivity index (χ1v) is 6.74. The Balaban J connectivity index is 2.19. The van der Waals surface area contributed by atoms with Gasteiger partial charge in [0.2, 0.25) is 0 Å². The molecule has 0 fully saturated rings. The van der Waals surface area contributed by atoms with Crippen LogP contribution < -0.4 is 5.32 Å². The highest BCUT2D eigenvalue weighted by Gasteiger charge is 2.01. The molecule has 0 aliphatic carbocycles. The largest absolute Gasteiger partial charge is 0.369 e. The SMILES string of the molecule is CSCCNc1nccc2sccc12. The molecule has 0 saturated heterocycles. The number of thiophene rings is 1. The summed E-state index contributed by atoms with van der Waals surface area (Å²) in [6.07, 6.45) is 3.97. The van der Waals surface area contributed by atoms with Crippen LogP contribution in [0, 0.1) is 0 Å². The van der Waals surface area contributed by atoms with Gasteiger partial charge in [0.1, 0.15) is 5.82 Å². The number of nitrogens with zero attached hydrogens (tertiary/aromatic N) is 1. The predicted molar refractivity (Wildman–Crippen MR) is 66.5 cm³/mol. The summed E-state index contributed by atoms with van der Waals surface area (Å²) in [5.74, 6) is 2.13. The van der Waals surface area contributed by atoms with Gasteiger partial charge in [0, 0.05) is 28.6 Å². The Kier molecular flexibility index (Phi) is 3.26. The molecule has 14 heavy (non-hydrogen) atoms. The van der Waals surface area contributed by atoms with E-state index in [1.54, 1.807) is 11.3 Å². The van der Waals surface area contributed by atoms with Crippen LogP contribution in [0.25, 0.3) is 10.1 Å². The number of pyridine rings is 1. The second-order valence-corrected chi connectivity index (χ2v) is 4.84. The molecule has 0 radical (unpaired) electrons. The first-order chi connectivity index (χ1) is 6.92. The number of aromatic nitrogens is 1. The number of hydrogen-bond acceptors (Lipinski definition) is 4. The van der Waals surface area contributed by atoms with Crippen molar-refractivity contribution < 1.29 is 0 Å². The molecule has 2 aromatic rings. The molecule has 0 unspecified atom stereocenters. The maximum Gasteiger partial charge on any atom is 0.134 e. The number of hydrogen-bond donors (Lipinski definition) is 1. The molecule has 1 N–H and O–H groups in total. The molecular formula is C10H12N2S2. The second kappa shape index (κ2) is 4.66. The summed E-state index contributed by atoms with van der Waals surface area (Å²) in [4.78, 5) is 4.34. The highest BCUT2D eigenvalue weighted by molar-refractivity contribution is 7.98. The van der Waals surface area contributed by atoms with E-state index in [1.165, 1.54) is 10.1 Å². The molecule has 0 bridgehead atoms. The van der Waals surface area contributed by atoms with Gasteiger partial charge in [-0.25, -0.2) is 4.98 Å². The van der Waals surface area contributed by atoms with Crippen LogP contribution in [0.4, 0.5) is 5.82 Å². The van der Waals surface area contributed by atoms with Crippen LogP contribution in [0.1, 0.15) is 0 Å². The number of anilines is 1. The Hall–Kier alpha value is -0.740. The van der Waals surface area contributed by atoms with Gasteiger partial charge in [0.25, 0.3) is 0 Å². The molecule has 0 spiro atoms. The Morgan fingerprint density at radius 1 is 1.50 bits per heavy atom. The maximum atomic E-state index is 4.34. The lowest BCUT2D eigenvalue weighted by Gasteiger charge is -2.04. The third-order valence-electron chi connectivity index (χ3n) is 1.98. The first kappa shape index (κ1) is 9.80. The van der Waals surface area contributed by atoms with E-state index in [2.05, 4.69) is 34.1 Å². The Morgan fingerprint density at radius 2 is 2.43 bits per heavy atom. The second-order valence-electron chi connectivity index (χ2n) is 2.91. The highest BCUT2D eigenvalue weighted by Crippen LogP contribution is 2.25. The zero-order valence-corrected chi connectivity index (χ0v) is 9.62. The summed E-state index contributed by atoms with van der Waals surface area (Å²) in [5.41, 5.74) is 0. The predicted octanol–water partition coefficient (Wildman–Crippen LogP) is 3.07. The summed E-state index contributed by atoms with van der Waals surface area (Å²) in [6.45, 7) is 0.975. The van der Waals surface area contributed by atoms with Crippen LogP contribution in [-0.4, -0.2) is 23.5 Å². The number of rotatable bonds is 4. The fraction of sp³-hybridized carbons (Fsp3) is 0.300. The molecule has 2 heterocycles. The van der Waals surface area contributed by atoms with E-state index in [1.807, 2.05) is 18.0 Å². The third-order valence-corrected chi connectivity index (χ3v) is 3.47. The lowest BCUT2D eigenvalue weighted by Crippen LogP contribution is -2.05. The summed E-state index contributed by atoms with van der Waals surface area (Å²) in [6, 6.07) is 4.17. The van der Waals surface area contributed by atoms with Crippen LogP contribution in [0.5, 0.6) is 0 Å². The molecule has 0 amide bonds. The van der Waals surface area contributed by atoms with E-state index >= 15 is 0 Å². The molecule has 74 valence electrons. The summed E-state index contributed by atoms with van der Waals surface area (Å²) >= 11 is 3.60. The first-order valence-electron chi connectivity index (χ1n) is 4.47. The number of fused-ring (bicyclic) bond motifs is 1. The maximum absolute atomic E-state index is 4.34. The molecule has 0 aliphatic heterocycles. The van der Waals surface area contributed by atoms with Crippen molar-refractivity contribution >= 4 is 39.0 Å². The van der Waals surface area contributed by atoms with Crippen molar-refractivity contribution in [2.75, 3.05) is 23.9 Å². The van der Waals surface area contributed by atoms with E-state index in [9.17, 15) is 0 Å². The average molecular weight is 224 g/mol. The van der Waals surface area contributed by atoms with Crippen molar-refractivity contribution in [3.05, 3.63) is 23.7 Å². The lowest BCUT2D eigenvalue weighted by atomic mass is 10.3. The van der Waals surface area contributed by atoms with Gasteiger partial charge >= 0.3 is 0 Å². The molecule has 0 atom stereocenters. The summed E-state index contributed by atoms with van der Waals surface area (Å²) in [5, 5.41) is 6.69. The fourth-order valence-corrected chi connectivity index (χ4v) is 2.40. The van der Waals surface area contributed by atoms with Crippen LogP contribution in [0.3, 0.4) is 0 Å². The van der Waals surface area contributed by atoms with Gasteiger partial charge in [-0.1, -0.05) is 0 Å². The van der Waals surface area contributed by atoms with Crippen molar-refractivity contribution in [1.82, 2.24) is 4.98 Å². The lowest BCUT2D eigenvalue weighted by molar-refractivity contribution is 1.19. The minimum Gasteiger partial charge on any atom is -0.369 e. The number of nitrogens with one attached hydrogen (secondary N) is 1. The van der Waals surface area contributed by atoms with Gasteiger partial charge in [0.15, 0.2) is 0 Å². The Bertz CT molecular complexity index is 411. The minimum absolute atomic E-state index is 0.975. The van der Waals surface area contributed by atoms with Crippen molar-refractivity contribution in [1.29, 1.82) is 0 Å². The van der Waals surface area contributed by atoms with Gasteiger partial charge in [-0.2, -0.15) is 11.8 Å². The monoisotopic (exact) mass is 224 g/mol. The van der Waals surface area contributed by atoms with Crippen LogP contribution in [0.2, 0.25) is 0 Å². The van der Waals surface area contributed by atoms with Crippen LogP contribution in [-0.2, 0) is 0 Å². The Labute approximate surface area is 91.7 Å². The minimum atomic E-state index is 0.975. The fourth-order valence-electron chi connectivity index (χ4n) is 1.31. The summed E-state index contributed by atoms with van der Waals surface area (Å²) in [7, 11) is 0. The zero-order chi connectivity index (χ0) is 9.80. The highest BCUT2D eigenvalue weighted by atomic mass is 32.2. The van der Waals surface area contributed by atoms with E-state index in [0.717, 1.165) is 18.1 Å². The quantitative estimate of drug-likeness (QED) is 0.808. The molecular weight excluding hydrogens is 212 g/mol. The molecule has 2 aromatic heterocycles. The molecule has 0 aliphatic rings. The van der Waals surface area contributed by atoms with Gasteiger partial charge in [-0.05, 0) is 23.8 Å². The normalized spacial score (nSPS) is 10.6. The van der Waals surface area contributed by atoms with Crippen LogP contribution in [0.15, 0.2) is 23.7 Å². The Morgan fingerprint density at radius 3 is 3.29 bits per heavy atom. The van der Waals surface area contributed by atoms with E-state index in [4.69, 9.17) is 0 Å². The standard InChI is InChI=1S/C10H12N2S2/c1-13-7-5-12-10-8-3-6-14-9(8)2-4-11-10/h2-4,6H,5,7H2,1H3,(H,11,12). The van der Waals surface area contributed by atoms with Gasteiger partial charge in [-0.3, -0.25) is 0 Å². The smallest absolute Gasteiger partial charge is 0.134 e. The molecule has 2 rings (SSSR count).